The number of ketones is 1. The smallest absolute Gasteiger partial charge is 0.295 e. The van der Waals surface area contributed by atoms with E-state index in [-0.39, 0.29) is 16.9 Å². The van der Waals surface area contributed by atoms with Crippen molar-refractivity contribution in [2.24, 2.45) is 0 Å². The van der Waals surface area contributed by atoms with Gasteiger partial charge < -0.3 is 10.6 Å². The van der Waals surface area contributed by atoms with Crippen molar-refractivity contribution in [2.75, 3.05) is 17.7 Å². The molecule has 1 amide bonds. The topological polar surface area (TPSA) is 113 Å². The number of benzene rings is 2. The number of aryl methyl sites for hydroxylation is 1. The predicted octanol–water partition coefficient (Wildman–Crippen LogP) is 2.74. The summed E-state index contributed by atoms with van der Waals surface area (Å²) in [5.74, 6) is -1.08. The number of nitrogens with one attached hydrogen (secondary N) is 2. The van der Waals surface area contributed by atoms with E-state index in [4.69, 9.17) is 0 Å². The Labute approximate surface area is 145 Å². The fourth-order valence-electron chi connectivity index (χ4n) is 2.29. The molecule has 2 aromatic rings. The zero-order chi connectivity index (χ0) is 18.8. The van der Waals surface area contributed by atoms with Crippen LogP contribution in [0.3, 0.4) is 0 Å². The molecule has 0 fully saturated rings. The number of rotatable bonds is 5. The summed E-state index contributed by atoms with van der Waals surface area (Å²) in [6, 6.07) is 8.78. The van der Waals surface area contributed by atoms with Gasteiger partial charge in [-0.15, -0.1) is 0 Å². The first kappa shape index (κ1) is 18.6. The molecular formula is C17H18N2O5S. The van der Waals surface area contributed by atoms with Gasteiger partial charge in [0.15, 0.2) is 5.78 Å². The van der Waals surface area contributed by atoms with Gasteiger partial charge in [0.05, 0.1) is 5.56 Å². The van der Waals surface area contributed by atoms with E-state index >= 15 is 0 Å². The molecule has 0 radical (unpaired) electrons. The Bertz CT molecular complexity index is 952. The standard InChI is InChI=1S/C17H18N2O5S/c1-10-8-13(18-3)5-7-15(10)19-17(21)14-6-4-12(11(2)20)9-16(14)25(22,23)24/h4-9,18H,1-3H3,(H,19,21)(H,22,23,24). The van der Waals surface area contributed by atoms with Crippen LogP contribution in [-0.2, 0) is 10.1 Å². The Balaban J connectivity index is 2.44. The molecule has 3 N–H and O–H groups in total. The van der Waals surface area contributed by atoms with Crippen LogP contribution < -0.4 is 10.6 Å². The van der Waals surface area contributed by atoms with Crippen molar-refractivity contribution in [3.8, 4) is 0 Å². The Morgan fingerprint density at radius 2 is 1.76 bits per heavy atom. The van der Waals surface area contributed by atoms with Gasteiger partial charge in [-0.05, 0) is 49.7 Å². The van der Waals surface area contributed by atoms with Crippen LogP contribution in [0.15, 0.2) is 41.3 Å². The Kier molecular flexibility index (Phi) is 5.24. The van der Waals surface area contributed by atoms with E-state index in [0.717, 1.165) is 17.3 Å². The lowest BCUT2D eigenvalue weighted by atomic mass is 10.1. The molecule has 0 aliphatic rings. The largest absolute Gasteiger partial charge is 0.388 e. The first-order chi connectivity index (χ1) is 11.6. The van der Waals surface area contributed by atoms with E-state index in [1.165, 1.54) is 19.1 Å². The number of Topliss-reactive ketones (excluding diaryl/α,β-unsaturated/α-hetero) is 1. The van der Waals surface area contributed by atoms with Gasteiger partial charge in [-0.25, -0.2) is 0 Å². The van der Waals surface area contributed by atoms with Gasteiger partial charge in [-0.3, -0.25) is 14.1 Å². The molecule has 2 aromatic carbocycles. The van der Waals surface area contributed by atoms with E-state index < -0.39 is 20.9 Å². The summed E-state index contributed by atoms with van der Waals surface area (Å²) in [5, 5.41) is 5.58. The van der Waals surface area contributed by atoms with Gasteiger partial charge in [-0.2, -0.15) is 8.42 Å². The molecule has 0 aliphatic heterocycles. The number of anilines is 2. The second kappa shape index (κ2) is 7.04. The molecule has 0 spiro atoms. The number of hydrogen-bond acceptors (Lipinski definition) is 5. The molecule has 0 saturated carbocycles. The maximum absolute atomic E-state index is 12.5. The molecular weight excluding hydrogens is 344 g/mol. The average Bonchev–Trinajstić information content (AvgIpc) is 2.55. The minimum Gasteiger partial charge on any atom is -0.388 e. The molecule has 0 bridgehead atoms. The SMILES string of the molecule is CNc1ccc(NC(=O)c2ccc(C(C)=O)cc2S(=O)(=O)O)c(C)c1. The van der Waals surface area contributed by atoms with Crippen molar-refractivity contribution >= 4 is 33.2 Å². The quantitative estimate of drug-likeness (QED) is 0.557. The first-order valence-electron chi connectivity index (χ1n) is 7.35. The molecule has 25 heavy (non-hydrogen) atoms. The highest BCUT2D eigenvalue weighted by atomic mass is 32.2. The lowest BCUT2D eigenvalue weighted by molar-refractivity contribution is 0.100. The van der Waals surface area contributed by atoms with Crippen LogP contribution in [0, 0.1) is 6.92 Å². The minimum atomic E-state index is -4.67. The Hall–Kier alpha value is -2.71. The number of amides is 1. The van der Waals surface area contributed by atoms with Crippen LogP contribution in [0.2, 0.25) is 0 Å². The zero-order valence-electron chi connectivity index (χ0n) is 14.0. The van der Waals surface area contributed by atoms with Crippen molar-refractivity contribution in [1.82, 2.24) is 0 Å². The lowest BCUT2D eigenvalue weighted by Crippen LogP contribution is -2.17. The first-order valence-corrected chi connectivity index (χ1v) is 8.79. The minimum absolute atomic E-state index is 0.0822. The fourth-order valence-corrected chi connectivity index (χ4v) is 3.01. The summed E-state index contributed by atoms with van der Waals surface area (Å²) in [5.41, 5.74) is 1.97. The number of carbonyl (C=O) groups is 2. The summed E-state index contributed by atoms with van der Waals surface area (Å²) < 4.78 is 32.6. The van der Waals surface area contributed by atoms with Crippen LogP contribution in [-0.4, -0.2) is 31.7 Å². The van der Waals surface area contributed by atoms with Gasteiger partial charge in [0, 0.05) is 24.0 Å². The van der Waals surface area contributed by atoms with Gasteiger partial charge in [0.25, 0.3) is 16.0 Å². The van der Waals surface area contributed by atoms with Crippen molar-refractivity contribution in [1.29, 1.82) is 0 Å². The fraction of sp³-hybridized carbons (Fsp3) is 0.176. The summed E-state index contributed by atoms with van der Waals surface area (Å²) >= 11 is 0. The maximum Gasteiger partial charge on any atom is 0.295 e. The van der Waals surface area contributed by atoms with Crippen molar-refractivity contribution in [3.05, 3.63) is 53.1 Å². The monoisotopic (exact) mass is 362 g/mol. The van der Waals surface area contributed by atoms with E-state index in [1.54, 1.807) is 26.1 Å². The predicted molar refractivity (Wildman–Crippen MR) is 94.9 cm³/mol. The summed E-state index contributed by atoms with van der Waals surface area (Å²) in [7, 11) is -2.90. The number of hydrogen-bond donors (Lipinski definition) is 3. The highest BCUT2D eigenvalue weighted by Crippen LogP contribution is 2.23. The molecule has 7 nitrogen and oxygen atoms in total. The second-order valence-corrected chi connectivity index (χ2v) is 6.87. The molecule has 2 rings (SSSR count). The molecule has 0 heterocycles. The zero-order valence-corrected chi connectivity index (χ0v) is 14.8. The molecule has 0 atom stereocenters. The third kappa shape index (κ3) is 4.23. The molecule has 0 unspecified atom stereocenters. The lowest BCUT2D eigenvalue weighted by Gasteiger charge is -2.12. The van der Waals surface area contributed by atoms with Gasteiger partial charge in [0.1, 0.15) is 4.90 Å². The van der Waals surface area contributed by atoms with E-state index in [1.807, 2.05) is 6.07 Å². The van der Waals surface area contributed by atoms with Crippen molar-refractivity contribution in [2.45, 2.75) is 18.7 Å². The Morgan fingerprint density at radius 1 is 1.08 bits per heavy atom. The Morgan fingerprint density at radius 3 is 2.28 bits per heavy atom. The van der Waals surface area contributed by atoms with Crippen molar-refractivity contribution in [3.63, 3.8) is 0 Å². The third-order valence-corrected chi connectivity index (χ3v) is 4.57. The molecule has 0 aromatic heterocycles. The molecule has 8 heteroatoms. The van der Waals surface area contributed by atoms with Crippen molar-refractivity contribution < 1.29 is 22.6 Å². The van der Waals surface area contributed by atoms with Crippen LogP contribution in [0.4, 0.5) is 11.4 Å². The van der Waals surface area contributed by atoms with E-state index in [0.29, 0.717) is 5.69 Å². The molecule has 0 aliphatic carbocycles. The highest BCUT2D eigenvalue weighted by molar-refractivity contribution is 7.86. The van der Waals surface area contributed by atoms with Crippen LogP contribution >= 0.6 is 0 Å². The maximum atomic E-state index is 12.5. The summed E-state index contributed by atoms with van der Waals surface area (Å²) in [6.45, 7) is 3.05. The molecule has 132 valence electrons. The summed E-state index contributed by atoms with van der Waals surface area (Å²) in [6.07, 6.45) is 0. The second-order valence-electron chi connectivity index (χ2n) is 5.48. The normalized spacial score (nSPS) is 11.0. The van der Waals surface area contributed by atoms with Crippen LogP contribution in [0.5, 0.6) is 0 Å². The summed E-state index contributed by atoms with van der Waals surface area (Å²) in [4.78, 5) is 23.3. The molecule has 0 saturated heterocycles. The van der Waals surface area contributed by atoms with E-state index in [2.05, 4.69) is 10.6 Å². The third-order valence-electron chi connectivity index (χ3n) is 3.67. The van der Waals surface area contributed by atoms with Gasteiger partial charge in [-0.1, -0.05) is 6.07 Å². The van der Waals surface area contributed by atoms with Gasteiger partial charge >= 0.3 is 0 Å². The van der Waals surface area contributed by atoms with Crippen LogP contribution in [0.1, 0.15) is 33.2 Å². The van der Waals surface area contributed by atoms with E-state index in [9.17, 15) is 22.6 Å². The van der Waals surface area contributed by atoms with Gasteiger partial charge in [0.2, 0.25) is 0 Å². The number of carbonyl (C=O) groups excluding carboxylic acids is 2. The highest BCUT2D eigenvalue weighted by Gasteiger charge is 2.22. The average molecular weight is 362 g/mol. The van der Waals surface area contributed by atoms with Crippen LogP contribution in [0.25, 0.3) is 0 Å².